The van der Waals surface area contributed by atoms with Gasteiger partial charge in [-0.1, -0.05) is 0 Å². The molecule has 1 aromatic rings. The van der Waals surface area contributed by atoms with Gasteiger partial charge < -0.3 is 15.4 Å². The normalized spacial score (nSPS) is 9.31. The second kappa shape index (κ2) is 6.39. The quantitative estimate of drug-likeness (QED) is 0.713. The van der Waals surface area contributed by atoms with Gasteiger partial charge in [0.15, 0.2) is 0 Å². The maximum absolute atomic E-state index is 11.5. The molecule has 86 valence electrons. The largest absolute Gasteiger partial charge is 0.453 e. The number of carbonyl (C=O) groups excluding carboxylic acids is 2. The summed E-state index contributed by atoms with van der Waals surface area (Å²) in [5, 5.41) is 5.09. The van der Waals surface area contributed by atoms with Gasteiger partial charge in [-0.05, 0) is 12.1 Å². The Morgan fingerprint density at radius 2 is 1.88 bits per heavy atom. The van der Waals surface area contributed by atoms with Crippen molar-refractivity contribution in [2.75, 3.05) is 20.2 Å². The first-order valence-corrected chi connectivity index (χ1v) is 4.74. The Balaban J connectivity index is 2.24. The van der Waals surface area contributed by atoms with E-state index in [4.69, 9.17) is 0 Å². The number of aromatic nitrogens is 1. The zero-order valence-corrected chi connectivity index (χ0v) is 8.90. The van der Waals surface area contributed by atoms with Crippen LogP contribution in [-0.2, 0) is 4.74 Å². The van der Waals surface area contributed by atoms with Gasteiger partial charge in [0.25, 0.3) is 5.91 Å². The average Bonchev–Trinajstić information content (AvgIpc) is 2.35. The van der Waals surface area contributed by atoms with Crippen LogP contribution in [0.5, 0.6) is 0 Å². The van der Waals surface area contributed by atoms with E-state index in [0.29, 0.717) is 18.7 Å². The highest BCUT2D eigenvalue weighted by molar-refractivity contribution is 5.93. The molecule has 0 aromatic carbocycles. The fourth-order valence-corrected chi connectivity index (χ4v) is 1.02. The van der Waals surface area contributed by atoms with Crippen LogP contribution in [0, 0.1) is 0 Å². The van der Waals surface area contributed by atoms with Gasteiger partial charge in [0, 0.05) is 31.0 Å². The molecule has 0 bridgehead atoms. The van der Waals surface area contributed by atoms with E-state index < -0.39 is 6.09 Å². The van der Waals surface area contributed by atoms with Crippen molar-refractivity contribution in [1.82, 2.24) is 15.6 Å². The average molecular weight is 223 g/mol. The summed E-state index contributed by atoms with van der Waals surface area (Å²) < 4.78 is 4.37. The Morgan fingerprint density at radius 1 is 1.25 bits per heavy atom. The molecule has 0 atom stereocenters. The fourth-order valence-electron chi connectivity index (χ4n) is 1.02. The number of hydrogen-bond donors (Lipinski definition) is 2. The number of ether oxygens (including phenoxy) is 1. The second-order valence-corrected chi connectivity index (χ2v) is 2.91. The van der Waals surface area contributed by atoms with Crippen molar-refractivity contribution in [3.05, 3.63) is 30.1 Å². The summed E-state index contributed by atoms with van der Waals surface area (Å²) >= 11 is 0. The molecule has 0 unspecified atom stereocenters. The van der Waals surface area contributed by atoms with Gasteiger partial charge in [-0.25, -0.2) is 4.79 Å². The Labute approximate surface area is 93.0 Å². The van der Waals surface area contributed by atoms with Gasteiger partial charge in [-0.15, -0.1) is 0 Å². The molecule has 0 aliphatic carbocycles. The molecule has 1 aromatic heterocycles. The molecule has 2 amide bonds. The van der Waals surface area contributed by atoms with Gasteiger partial charge in [0.2, 0.25) is 0 Å². The third-order valence-electron chi connectivity index (χ3n) is 1.81. The Morgan fingerprint density at radius 3 is 2.50 bits per heavy atom. The highest BCUT2D eigenvalue weighted by Gasteiger charge is 2.03. The maximum atomic E-state index is 11.5. The van der Waals surface area contributed by atoms with E-state index in [-0.39, 0.29) is 5.91 Å². The molecule has 1 rings (SSSR count). The zero-order chi connectivity index (χ0) is 11.8. The van der Waals surface area contributed by atoms with Crippen LogP contribution in [0.1, 0.15) is 10.4 Å². The fraction of sp³-hybridized carbons (Fsp3) is 0.300. The van der Waals surface area contributed by atoms with Crippen LogP contribution in [0.25, 0.3) is 0 Å². The van der Waals surface area contributed by atoms with Crippen molar-refractivity contribution in [2.24, 2.45) is 0 Å². The first kappa shape index (κ1) is 12.0. The first-order chi connectivity index (χ1) is 7.74. The van der Waals surface area contributed by atoms with Crippen LogP contribution in [0.2, 0.25) is 0 Å². The van der Waals surface area contributed by atoms with Gasteiger partial charge in [0.1, 0.15) is 0 Å². The van der Waals surface area contributed by atoms with Crippen LogP contribution in [0.15, 0.2) is 24.5 Å². The lowest BCUT2D eigenvalue weighted by Crippen LogP contribution is -2.34. The third-order valence-corrected chi connectivity index (χ3v) is 1.81. The van der Waals surface area contributed by atoms with Gasteiger partial charge in [-0.3, -0.25) is 9.78 Å². The lowest BCUT2D eigenvalue weighted by Gasteiger charge is -2.05. The number of methoxy groups -OCH3 is 1. The van der Waals surface area contributed by atoms with Crippen molar-refractivity contribution < 1.29 is 14.3 Å². The summed E-state index contributed by atoms with van der Waals surface area (Å²) in [4.78, 5) is 26.0. The number of nitrogens with zero attached hydrogens (tertiary/aromatic N) is 1. The Hall–Kier alpha value is -2.11. The molecular formula is C10H13N3O3. The Kier molecular flexibility index (Phi) is 4.78. The summed E-state index contributed by atoms with van der Waals surface area (Å²) in [5.41, 5.74) is 0.535. The van der Waals surface area contributed by atoms with E-state index in [2.05, 4.69) is 20.4 Å². The number of amides is 2. The number of nitrogens with one attached hydrogen (secondary N) is 2. The SMILES string of the molecule is COC(=O)NCCNC(=O)c1ccncc1. The first-order valence-electron chi connectivity index (χ1n) is 4.74. The van der Waals surface area contributed by atoms with Crippen LogP contribution in [0.3, 0.4) is 0 Å². The van der Waals surface area contributed by atoms with Crippen molar-refractivity contribution in [1.29, 1.82) is 0 Å². The van der Waals surface area contributed by atoms with E-state index in [1.54, 1.807) is 24.5 Å². The number of alkyl carbamates (subject to hydrolysis) is 1. The van der Waals surface area contributed by atoms with Crippen LogP contribution in [0.4, 0.5) is 4.79 Å². The molecule has 0 spiro atoms. The lowest BCUT2D eigenvalue weighted by molar-refractivity contribution is 0.0952. The monoisotopic (exact) mass is 223 g/mol. The van der Waals surface area contributed by atoms with Crippen molar-refractivity contribution >= 4 is 12.0 Å². The topological polar surface area (TPSA) is 80.3 Å². The number of pyridine rings is 1. The van der Waals surface area contributed by atoms with Gasteiger partial charge >= 0.3 is 6.09 Å². The highest BCUT2D eigenvalue weighted by Crippen LogP contribution is 1.94. The number of rotatable bonds is 4. The van der Waals surface area contributed by atoms with Gasteiger partial charge in [0.05, 0.1) is 7.11 Å². The number of carbonyl (C=O) groups is 2. The zero-order valence-electron chi connectivity index (χ0n) is 8.90. The summed E-state index contributed by atoms with van der Waals surface area (Å²) in [6, 6.07) is 3.23. The molecule has 6 heteroatoms. The second-order valence-electron chi connectivity index (χ2n) is 2.91. The third kappa shape index (κ3) is 3.95. The molecule has 0 aliphatic heterocycles. The minimum absolute atomic E-state index is 0.200. The smallest absolute Gasteiger partial charge is 0.406 e. The van der Waals surface area contributed by atoms with Crippen LogP contribution >= 0.6 is 0 Å². The molecule has 0 saturated carbocycles. The molecule has 0 radical (unpaired) electrons. The van der Waals surface area contributed by atoms with E-state index in [1.807, 2.05) is 0 Å². The standard InChI is InChI=1S/C10H13N3O3/c1-16-10(15)13-7-6-12-9(14)8-2-4-11-5-3-8/h2-5H,6-7H2,1H3,(H,12,14)(H,13,15). The maximum Gasteiger partial charge on any atom is 0.406 e. The van der Waals surface area contributed by atoms with Crippen molar-refractivity contribution in [3.8, 4) is 0 Å². The van der Waals surface area contributed by atoms with E-state index in [9.17, 15) is 9.59 Å². The summed E-state index contributed by atoms with van der Waals surface area (Å²) in [5.74, 6) is -0.200. The molecule has 1 heterocycles. The Bertz CT molecular complexity index is 354. The summed E-state index contributed by atoms with van der Waals surface area (Å²) in [6.45, 7) is 0.666. The highest BCUT2D eigenvalue weighted by atomic mass is 16.5. The molecule has 0 aliphatic rings. The van der Waals surface area contributed by atoms with E-state index in [0.717, 1.165) is 0 Å². The molecule has 6 nitrogen and oxygen atoms in total. The molecule has 2 N–H and O–H groups in total. The summed E-state index contributed by atoms with van der Waals surface area (Å²) in [7, 11) is 1.28. The van der Waals surface area contributed by atoms with E-state index >= 15 is 0 Å². The molecule has 0 fully saturated rings. The summed E-state index contributed by atoms with van der Waals surface area (Å²) in [6.07, 6.45) is 2.57. The number of hydrogen-bond acceptors (Lipinski definition) is 4. The van der Waals surface area contributed by atoms with Crippen LogP contribution < -0.4 is 10.6 Å². The molecular weight excluding hydrogens is 210 g/mol. The van der Waals surface area contributed by atoms with Crippen molar-refractivity contribution in [3.63, 3.8) is 0 Å². The van der Waals surface area contributed by atoms with Gasteiger partial charge in [-0.2, -0.15) is 0 Å². The van der Waals surface area contributed by atoms with Crippen LogP contribution in [-0.4, -0.2) is 37.2 Å². The minimum Gasteiger partial charge on any atom is -0.453 e. The molecule has 16 heavy (non-hydrogen) atoms. The minimum atomic E-state index is -0.516. The predicted molar refractivity (Wildman–Crippen MR) is 57.0 cm³/mol. The van der Waals surface area contributed by atoms with E-state index in [1.165, 1.54) is 7.11 Å². The van der Waals surface area contributed by atoms with Crippen molar-refractivity contribution in [2.45, 2.75) is 0 Å². The lowest BCUT2D eigenvalue weighted by atomic mass is 10.2. The predicted octanol–water partition coefficient (Wildman–Crippen LogP) is 0.167. The molecule has 0 saturated heterocycles.